The van der Waals surface area contributed by atoms with Crippen molar-refractivity contribution in [3.05, 3.63) is 59.8 Å². The topological polar surface area (TPSA) is 54.2 Å². The van der Waals surface area contributed by atoms with E-state index in [0.29, 0.717) is 11.7 Å². The summed E-state index contributed by atoms with van der Waals surface area (Å²) in [7, 11) is 0. The van der Waals surface area contributed by atoms with Gasteiger partial charge in [0.1, 0.15) is 5.82 Å². The molecule has 1 unspecified atom stereocenters. The highest BCUT2D eigenvalue weighted by Gasteiger charge is 2.20. The third-order valence-electron chi connectivity index (χ3n) is 4.62. The summed E-state index contributed by atoms with van der Waals surface area (Å²) in [5.74, 6) is 1.31. The first-order valence-corrected chi connectivity index (χ1v) is 8.50. The van der Waals surface area contributed by atoms with Crippen LogP contribution in [0.25, 0.3) is 0 Å². The normalized spacial score (nSPS) is 18.9. The summed E-state index contributed by atoms with van der Waals surface area (Å²) in [4.78, 5) is 6.69. The number of pyridine rings is 1. The monoisotopic (exact) mass is 310 g/mol. The Morgan fingerprint density at radius 1 is 1.17 bits per heavy atom. The van der Waals surface area contributed by atoms with E-state index in [9.17, 15) is 0 Å². The van der Waals surface area contributed by atoms with Crippen molar-refractivity contribution in [1.29, 1.82) is 0 Å². The largest absolute Gasteiger partial charge is 0.383 e. The lowest BCUT2D eigenvalue weighted by molar-refractivity contribution is 0.208. The molecule has 0 bridgehead atoms. The van der Waals surface area contributed by atoms with E-state index >= 15 is 0 Å². The van der Waals surface area contributed by atoms with Crippen molar-refractivity contribution < 1.29 is 0 Å². The molecule has 2 heterocycles. The fourth-order valence-electron chi connectivity index (χ4n) is 3.32. The number of nitrogens with zero attached hydrogens (tertiary/aromatic N) is 2. The van der Waals surface area contributed by atoms with Crippen LogP contribution in [0.2, 0.25) is 0 Å². The minimum absolute atomic E-state index is 0.627. The molecule has 3 N–H and O–H groups in total. The summed E-state index contributed by atoms with van der Waals surface area (Å²) in [5.41, 5.74) is 8.42. The summed E-state index contributed by atoms with van der Waals surface area (Å²) in [5, 5.41) is 3.48. The Labute approximate surface area is 138 Å². The first kappa shape index (κ1) is 16.0. The zero-order chi connectivity index (χ0) is 15.9. The molecule has 4 nitrogen and oxygen atoms in total. The second-order valence-electron chi connectivity index (χ2n) is 6.27. The number of hydrogen-bond acceptors (Lipinski definition) is 4. The number of likely N-dealkylation sites (tertiary alicyclic amines) is 1. The van der Waals surface area contributed by atoms with Crippen molar-refractivity contribution in [2.45, 2.75) is 25.3 Å². The van der Waals surface area contributed by atoms with Gasteiger partial charge >= 0.3 is 0 Å². The van der Waals surface area contributed by atoms with Crippen molar-refractivity contribution in [1.82, 2.24) is 15.2 Å². The lowest BCUT2D eigenvalue weighted by Crippen LogP contribution is -2.38. The van der Waals surface area contributed by atoms with E-state index in [1.165, 1.54) is 31.5 Å². The highest BCUT2D eigenvalue weighted by Crippen LogP contribution is 2.26. The van der Waals surface area contributed by atoms with Crippen LogP contribution in [-0.2, 0) is 6.54 Å². The third-order valence-corrected chi connectivity index (χ3v) is 4.62. The van der Waals surface area contributed by atoms with Gasteiger partial charge in [-0.1, -0.05) is 36.4 Å². The second-order valence-corrected chi connectivity index (χ2v) is 6.27. The number of nitrogens with one attached hydrogen (secondary N) is 1. The smallest absolute Gasteiger partial charge is 0.127 e. The van der Waals surface area contributed by atoms with E-state index in [1.54, 1.807) is 6.20 Å². The predicted octanol–water partition coefficient (Wildman–Crippen LogP) is 2.63. The summed E-state index contributed by atoms with van der Waals surface area (Å²) in [6.45, 7) is 5.23. The Balaban J connectivity index is 1.43. The van der Waals surface area contributed by atoms with Crippen molar-refractivity contribution in [2.75, 3.05) is 31.9 Å². The Morgan fingerprint density at radius 3 is 2.87 bits per heavy atom. The fraction of sp³-hybridized carbons (Fsp3) is 0.421. The quantitative estimate of drug-likeness (QED) is 0.805. The molecule has 1 saturated heterocycles. The lowest BCUT2D eigenvalue weighted by atomic mass is 9.91. The maximum atomic E-state index is 5.87. The van der Waals surface area contributed by atoms with Gasteiger partial charge in [-0.3, -0.25) is 0 Å². The molecule has 1 aliphatic rings. The highest BCUT2D eigenvalue weighted by atomic mass is 15.1. The van der Waals surface area contributed by atoms with Gasteiger partial charge in [-0.15, -0.1) is 0 Å². The molecular formula is C19H26N4. The van der Waals surface area contributed by atoms with Gasteiger partial charge in [0, 0.05) is 37.9 Å². The number of nitrogens with two attached hydrogens (primary N) is 1. The molecule has 4 heteroatoms. The molecule has 0 saturated carbocycles. The summed E-state index contributed by atoms with van der Waals surface area (Å²) >= 11 is 0. The number of hydrogen-bond donors (Lipinski definition) is 2. The molecule has 3 rings (SSSR count). The van der Waals surface area contributed by atoms with Crippen LogP contribution in [0, 0.1) is 0 Å². The van der Waals surface area contributed by atoms with Gasteiger partial charge < -0.3 is 16.0 Å². The Morgan fingerprint density at radius 2 is 2.04 bits per heavy atom. The van der Waals surface area contributed by atoms with E-state index in [1.807, 2.05) is 12.1 Å². The van der Waals surface area contributed by atoms with Crippen LogP contribution in [0.5, 0.6) is 0 Å². The van der Waals surface area contributed by atoms with Crippen molar-refractivity contribution in [2.24, 2.45) is 0 Å². The van der Waals surface area contributed by atoms with Gasteiger partial charge in [-0.05, 0) is 36.9 Å². The minimum atomic E-state index is 0.627. The maximum absolute atomic E-state index is 5.87. The Bertz CT molecular complexity index is 599. The number of piperidine rings is 1. The molecule has 0 spiro atoms. The van der Waals surface area contributed by atoms with E-state index in [2.05, 4.69) is 45.5 Å². The maximum Gasteiger partial charge on any atom is 0.127 e. The number of nitrogen functional groups attached to an aromatic ring is 1. The van der Waals surface area contributed by atoms with Crippen LogP contribution in [0.3, 0.4) is 0 Å². The molecule has 0 amide bonds. The van der Waals surface area contributed by atoms with E-state index < -0.39 is 0 Å². The average Bonchev–Trinajstić information content (AvgIpc) is 2.61. The highest BCUT2D eigenvalue weighted by molar-refractivity contribution is 5.38. The van der Waals surface area contributed by atoms with Crippen LogP contribution < -0.4 is 11.1 Å². The van der Waals surface area contributed by atoms with Gasteiger partial charge in [-0.2, -0.15) is 0 Å². The van der Waals surface area contributed by atoms with Crippen LogP contribution in [-0.4, -0.2) is 36.1 Å². The molecule has 2 aromatic rings. The molecule has 1 atom stereocenters. The van der Waals surface area contributed by atoms with Gasteiger partial charge in [-0.25, -0.2) is 4.98 Å². The fourth-order valence-corrected chi connectivity index (χ4v) is 3.32. The van der Waals surface area contributed by atoms with Crippen LogP contribution in [0.1, 0.15) is 29.9 Å². The van der Waals surface area contributed by atoms with Crippen molar-refractivity contribution in [3.8, 4) is 0 Å². The third kappa shape index (κ3) is 4.53. The Hall–Kier alpha value is -1.91. The molecule has 122 valence electrons. The van der Waals surface area contributed by atoms with Gasteiger partial charge in [0.05, 0.1) is 0 Å². The van der Waals surface area contributed by atoms with Gasteiger partial charge in [0.25, 0.3) is 0 Å². The van der Waals surface area contributed by atoms with Crippen LogP contribution >= 0.6 is 0 Å². The molecule has 1 aliphatic heterocycles. The summed E-state index contributed by atoms with van der Waals surface area (Å²) in [6, 6.07) is 14.9. The second kappa shape index (κ2) is 8.09. The van der Waals surface area contributed by atoms with Gasteiger partial charge in [0.2, 0.25) is 0 Å². The number of benzene rings is 1. The number of aromatic nitrogens is 1. The molecule has 23 heavy (non-hydrogen) atoms. The zero-order valence-corrected chi connectivity index (χ0v) is 13.6. The summed E-state index contributed by atoms with van der Waals surface area (Å²) in [6.07, 6.45) is 4.32. The number of anilines is 1. The Kier molecular flexibility index (Phi) is 5.61. The zero-order valence-electron chi connectivity index (χ0n) is 13.6. The molecular weight excluding hydrogens is 284 g/mol. The molecule has 1 fully saturated rings. The van der Waals surface area contributed by atoms with Crippen molar-refractivity contribution >= 4 is 5.82 Å². The SMILES string of the molecule is Nc1ncccc1CNCCN1CCCC(c2ccccc2)C1. The predicted molar refractivity (Wildman–Crippen MR) is 95.2 cm³/mol. The van der Waals surface area contributed by atoms with Crippen LogP contribution in [0.15, 0.2) is 48.7 Å². The van der Waals surface area contributed by atoms with E-state index in [0.717, 1.165) is 25.2 Å². The van der Waals surface area contributed by atoms with Crippen molar-refractivity contribution in [3.63, 3.8) is 0 Å². The molecule has 0 aliphatic carbocycles. The number of rotatable bonds is 6. The van der Waals surface area contributed by atoms with E-state index in [-0.39, 0.29) is 0 Å². The first-order chi connectivity index (χ1) is 11.3. The minimum Gasteiger partial charge on any atom is -0.383 e. The lowest BCUT2D eigenvalue weighted by Gasteiger charge is -2.33. The summed E-state index contributed by atoms with van der Waals surface area (Å²) < 4.78 is 0. The molecule has 0 radical (unpaired) electrons. The standard InChI is InChI=1S/C19H26N4/c20-19-17(8-4-10-22-19)14-21-11-13-23-12-5-9-18(15-23)16-6-2-1-3-7-16/h1-4,6-8,10,18,21H,5,9,11-15H2,(H2,20,22). The van der Waals surface area contributed by atoms with E-state index in [4.69, 9.17) is 5.73 Å². The van der Waals surface area contributed by atoms with Gasteiger partial charge in [0.15, 0.2) is 0 Å². The first-order valence-electron chi connectivity index (χ1n) is 8.50. The van der Waals surface area contributed by atoms with Crippen LogP contribution in [0.4, 0.5) is 5.82 Å². The molecule has 1 aromatic carbocycles. The average molecular weight is 310 g/mol. The molecule has 1 aromatic heterocycles.